The fraction of sp³-hybridized carbons (Fsp3) is 0.500. The lowest BCUT2D eigenvalue weighted by Gasteiger charge is -2.19. The van der Waals surface area contributed by atoms with Crippen molar-refractivity contribution < 1.29 is 4.79 Å². The molecule has 2 rings (SSSR count). The summed E-state index contributed by atoms with van der Waals surface area (Å²) in [5, 5.41) is 0. The molecule has 1 aromatic rings. The Balaban J connectivity index is 1.92. The molecule has 1 fully saturated rings. The minimum atomic E-state index is 0.0397. The van der Waals surface area contributed by atoms with Crippen LogP contribution in [0.4, 0.5) is 0 Å². The highest BCUT2D eigenvalue weighted by Gasteiger charge is 2.44. The number of benzene rings is 1. The predicted octanol–water partition coefficient (Wildman–Crippen LogP) is 1.60. The Bertz CT molecular complexity index is 388. The fourth-order valence-electron chi connectivity index (χ4n) is 2.34. The van der Waals surface area contributed by atoms with Crippen molar-refractivity contribution in [2.24, 2.45) is 11.7 Å². The summed E-state index contributed by atoms with van der Waals surface area (Å²) in [6.45, 7) is 2.56. The molecule has 0 aliphatic heterocycles. The molecule has 2 N–H and O–H groups in total. The second-order valence-corrected chi connectivity index (χ2v) is 5.06. The third-order valence-electron chi connectivity index (χ3n) is 3.27. The third-order valence-corrected chi connectivity index (χ3v) is 3.27. The number of amides is 1. The molecule has 92 valence electrons. The first-order valence-corrected chi connectivity index (χ1v) is 6.15. The van der Waals surface area contributed by atoms with E-state index in [0.717, 1.165) is 6.42 Å². The van der Waals surface area contributed by atoms with E-state index in [9.17, 15) is 4.79 Å². The topological polar surface area (TPSA) is 46.3 Å². The lowest BCUT2D eigenvalue weighted by atomic mass is 10.1. The van der Waals surface area contributed by atoms with Crippen molar-refractivity contribution >= 4 is 5.91 Å². The number of likely N-dealkylation sites (N-methyl/N-ethyl adjacent to an activating group) is 1. The summed E-state index contributed by atoms with van der Waals surface area (Å²) >= 11 is 0. The number of nitrogens with zero attached hydrogens (tertiary/aromatic N) is 1. The molecule has 1 saturated carbocycles. The van der Waals surface area contributed by atoms with Crippen LogP contribution in [0.15, 0.2) is 30.3 Å². The van der Waals surface area contributed by atoms with Gasteiger partial charge < -0.3 is 10.6 Å². The van der Waals surface area contributed by atoms with E-state index in [-0.39, 0.29) is 17.9 Å². The molecule has 3 nitrogen and oxygen atoms in total. The van der Waals surface area contributed by atoms with Crippen LogP contribution in [0.3, 0.4) is 0 Å². The Morgan fingerprint density at radius 2 is 2.12 bits per heavy atom. The van der Waals surface area contributed by atoms with Crippen molar-refractivity contribution in [3.05, 3.63) is 35.9 Å². The normalized spacial score (nSPS) is 24.2. The number of rotatable bonds is 4. The fourth-order valence-corrected chi connectivity index (χ4v) is 2.34. The molecule has 3 unspecified atom stereocenters. The zero-order valence-corrected chi connectivity index (χ0v) is 10.5. The Hall–Kier alpha value is -1.35. The molecule has 0 heterocycles. The van der Waals surface area contributed by atoms with Gasteiger partial charge in [0.05, 0.1) is 0 Å². The highest BCUT2D eigenvalue weighted by atomic mass is 16.2. The predicted molar refractivity (Wildman–Crippen MR) is 68.6 cm³/mol. The van der Waals surface area contributed by atoms with Gasteiger partial charge in [0.1, 0.15) is 0 Å². The zero-order chi connectivity index (χ0) is 12.4. The van der Waals surface area contributed by atoms with E-state index in [1.807, 2.05) is 32.2 Å². The Labute approximate surface area is 103 Å². The van der Waals surface area contributed by atoms with E-state index in [1.165, 1.54) is 5.56 Å². The summed E-state index contributed by atoms with van der Waals surface area (Å²) < 4.78 is 0. The van der Waals surface area contributed by atoms with Gasteiger partial charge >= 0.3 is 0 Å². The van der Waals surface area contributed by atoms with Crippen LogP contribution in [0.1, 0.15) is 24.8 Å². The van der Waals surface area contributed by atoms with E-state index in [0.29, 0.717) is 12.5 Å². The molecule has 1 aromatic carbocycles. The van der Waals surface area contributed by atoms with Crippen LogP contribution >= 0.6 is 0 Å². The van der Waals surface area contributed by atoms with Gasteiger partial charge in [-0.2, -0.15) is 0 Å². The van der Waals surface area contributed by atoms with Crippen molar-refractivity contribution in [2.75, 3.05) is 13.6 Å². The molecule has 0 radical (unpaired) electrons. The van der Waals surface area contributed by atoms with Crippen molar-refractivity contribution in [1.82, 2.24) is 4.90 Å². The number of nitrogens with two attached hydrogens (primary N) is 1. The largest absolute Gasteiger partial charge is 0.344 e. The smallest absolute Gasteiger partial charge is 0.226 e. The number of carbonyl (C=O) groups is 1. The van der Waals surface area contributed by atoms with E-state index in [4.69, 9.17) is 5.73 Å². The molecule has 3 atom stereocenters. The second-order valence-electron chi connectivity index (χ2n) is 5.06. The maximum Gasteiger partial charge on any atom is 0.226 e. The van der Waals surface area contributed by atoms with Crippen LogP contribution in [-0.2, 0) is 4.79 Å². The molecule has 0 saturated heterocycles. The molecule has 1 aliphatic carbocycles. The van der Waals surface area contributed by atoms with Gasteiger partial charge in [-0.05, 0) is 24.8 Å². The summed E-state index contributed by atoms with van der Waals surface area (Å²) in [5.41, 5.74) is 6.98. The van der Waals surface area contributed by atoms with Crippen LogP contribution in [0.5, 0.6) is 0 Å². The van der Waals surface area contributed by atoms with Crippen molar-refractivity contribution in [1.29, 1.82) is 0 Å². The Morgan fingerprint density at radius 1 is 1.47 bits per heavy atom. The highest BCUT2D eigenvalue weighted by Crippen LogP contribution is 2.48. The third kappa shape index (κ3) is 2.86. The van der Waals surface area contributed by atoms with Crippen LogP contribution in [0.25, 0.3) is 0 Å². The van der Waals surface area contributed by atoms with E-state index in [1.54, 1.807) is 4.90 Å². The van der Waals surface area contributed by atoms with E-state index in [2.05, 4.69) is 12.1 Å². The van der Waals surface area contributed by atoms with Gasteiger partial charge in [0.2, 0.25) is 5.91 Å². The van der Waals surface area contributed by atoms with Gasteiger partial charge in [0, 0.05) is 25.6 Å². The lowest BCUT2D eigenvalue weighted by molar-refractivity contribution is -0.131. The first-order chi connectivity index (χ1) is 8.09. The highest BCUT2D eigenvalue weighted by molar-refractivity contribution is 5.82. The van der Waals surface area contributed by atoms with Gasteiger partial charge in [-0.25, -0.2) is 0 Å². The van der Waals surface area contributed by atoms with Gasteiger partial charge in [0.25, 0.3) is 0 Å². The molecule has 0 bridgehead atoms. The minimum absolute atomic E-state index is 0.0397. The van der Waals surface area contributed by atoms with Crippen LogP contribution < -0.4 is 5.73 Å². The Kier molecular flexibility index (Phi) is 3.48. The van der Waals surface area contributed by atoms with Crippen LogP contribution in [-0.4, -0.2) is 30.4 Å². The molecule has 0 spiro atoms. The van der Waals surface area contributed by atoms with Crippen LogP contribution in [0.2, 0.25) is 0 Å². The average Bonchev–Trinajstić information content (AvgIpc) is 3.08. The van der Waals surface area contributed by atoms with Crippen molar-refractivity contribution in [3.8, 4) is 0 Å². The molecule has 17 heavy (non-hydrogen) atoms. The first kappa shape index (κ1) is 12.1. The summed E-state index contributed by atoms with van der Waals surface area (Å²) in [6.07, 6.45) is 0.978. The van der Waals surface area contributed by atoms with E-state index >= 15 is 0 Å². The molecule has 1 aliphatic rings. The molecular weight excluding hydrogens is 212 g/mol. The van der Waals surface area contributed by atoms with Gasteiger partial charge in [-0.15, -0.1) is 0 Å². The van der Waals surface area contributed by atoms with E-state index < -0.39 is 0 Å². The zero-order valence-electron chi connectivity index (χ0n) is 10.5. The first-order valence-electron chi connectivity index (χ1n) is 6.15. The lowest BCUT2D eigenvalue weighted by Crippen LogP contribution is -2.37. The van der Waals surface area contributed by atoms with Gasteiger partial charge in [0.15, 0.2) is 0 Å². The summed E-state index contributed by atoms with van der Waals surface area (Å²) in [5.74, 6) is 0.816. The van der Waals surface area contributed by atoms with Crippen molar-refractivity contribution in [2.45, 2.75) is 25.3 Å². The van der Waals surface area contributed by atoms with Crippen molar-refractivity contribution in [3.63, 3.8) is 0 Å². The average molecular weight is 232 g/mol. The summed E-state index contributed by atoms with van der Waals surface area (Å²) in [7, 11) is 1.84. The second kappa shape index (κ2) is 4.88. The van der Waals surface area contributed by atoms with Crippen LogP contribution in [0, 0.1) is 5.92 Å². The molecular formula is C14H20N2O. The SMILES string of the molecule is CC(N)CN(C)C(=O)C1CC1c1ccccc1. The maximum absolute atomic E-state index is 12.1. The van der Waals surface area contributed by atoms with Gasteiger partial charge in [-0.1, -0.05) is 30.3 Å². The molecule has 3 heteroatoms. The molecule has 0 aromatic heterocycles. The summed E-state index contributed by atoms with van der Waals surface area (Å²) in [6, 6.07) is 10.3. The minimum Gasteiger partial charge on any atom is -0.344 e. The number of hydrogen-bond acceptors (Lipinski definition) is 2. The number of carbonyl (C=O) groups excluding carboxylic acids is 1. The summed E-state index contributed by atoms with van der Waals surface area (Å²) in [4.78, 5) is 13.9. The standard InChI is InChI=1S/C14H20N2O/c1-10(15)9-16(2)14(17)13-8-12(13)11-6-4-3-5-7-11/h3-7,10,12-13H,8-9,15H2,1-2H3. The van der Waals surface area contributed by atoms with Gasteiger partial charge in [-0.3, -0.25) is 4.79 Å². The number of hydrogen-bond donors (Lipinski definition) is 1. The monoisotopic (exact) mass is 232 g/mol. The maximum atomic E-state index is 12.1. The molecule has 1 amide bonds. The Morgan fingerprint density at radius 3 is 2.71 bits per heavy atom. The quantitative estimate of drug-likeness (QED) is 0.857.